The number of hydrogen-bond donors (Lipinski definition) is 1. The van der Waals surface area contributed by atoms with Crippen molar-refractivity contribution in [3.8, 4) is 0 Å². The van der Waals surface area contributed by atoms with Crippen LogP contribution in [0.3, 0.4) is 0 Å². The molecular weight excluding hydrogens is 206 g/mol. The first-order valence-electron chi connectivity index (χ1n) is 5.61. The van der Waals surface area contributed by atoms with Crippen LogP contribution >= 0.6 is 0 Å². The van der Waals surface area contributed by atoms with Crippen molar-refractivity contribution in [3.05, 3.63) is 11.7 Å². The lowest BCUT2D eigenvalue weighted by Gasteiger charge is -2.20. The van der Waals surface area contributed by atoms with E-state index in [0.717, 1.165) is 6.42 Å². The minimum absolute atomic E-state index is 0.456. The van der Waals surface area contributed by atoms with Crippen molar-refractivity contribution in [1.29, 1.82) is 0 Å². The molecule has 0 spiro atoms. The molecule has 0 saturated heterocycles. The summed E-state index contributed by atoms with van der Waals surface area (Å²) in [6.07, 6.45) is 0.740. The summed E-state index contributed by atoms with van der Waals surface area (Å²) in [5, 5.41) is 3.93. The maximum Gasteiger partial charge on any atom is 0.246 e. The van der Waals surface area contributed by atoms with Crippen LogP contribution in [0, 0.1) is 0 Å². The zero-order valence-corrected chi connectivity index (χ0v) is 10.7. The zero-order chi connectivity index (χ0) is 12.4. The molecular formula is C11H21N3O2. The average molecular weight is 227 g/mol. The zero-order valence-electron chi connectivity index (χ0n) is 10.7. The van der Waals surface area contributed by atoms with Crippen LogP contribution in [-0.4, -0.2) is 16.7 Å². The van der Waals surface area contributed by atoms with E-state index in [4.69, 9.17) is 15.0 Å². The van der Waals surface area contributed by atoms with E-state index < -0.39 is 11.1 Å². The summed E-state index contributed by atoms with van der Waals surface area (Å²) in [5.74, 6) is 0.993. The van der Waals surface area contributed by atoms with Crippen molar-refractivity contribution in [2.24, 2.45) is 5.73 Å². The fourth-order valence-corrected chi connectivity index (χ4v) is 1.28. The van der Waals surface area contributed by atoms with Crippen LogP contribution in [0.5, 0.6) is 0 Å². The van der Waals surface area contributed by atoms with Crippen molar-refractivity contribution >= 4 is 0 Å². The van der Waals surface area contributed by atoms with Gasteiger partial charge in [-0.05, 0) is 34.1 Å². The fraction of sp³-hybridized carbons (Fsp3) is 0.818. The average Bonchev–Trinajstić information content (AvgIpc) is 2.67. The van der Waals surface area contributed by atoms with Crippen molar-refractivity contribution in [2.45, 2.75) is 52.2 Å². The van der Waals surface area contributed by atoms with Crippen LogP contribution in [0.25, 0.3) is 0 Å². The highest BCUT2D eigenvalue weighted by Gasteiger charge is 2.32. The summed E-state index contributed by atoms with van der Waals surface area (Å²) in [6, 6.07) is 0. The smallest absolute Gasteiger partial charge is 0.246 e. The summed E-state index contributed by atoms with van der Waals surface area (Å²) in [4.78, 5) is 4.32. The first-order valence-corrected chi connectivity index (χ1v) is 5.61. The van der Waals surface area contributed by atoms with Crippen molar-refractivity contribution in [3.63, 3.8) is 0 Å². The van der Waals surface area contributed by atoms with Gasteiger partial charge in [0.2, 0.25) is 11.7 Å². The number of hydrogen-bond acceptors (Lipinski definition) is 5. The van der Waals surface area contributed by atoms with Crippen LogP contribution in [0.15, 0.2) is 4.52 Å². The highest BCUT2D eigenvalue weighted by molar-refractivity contribution is 5.03. The third-order valence-corrected chi connectivity index (χ3v) is 2.69. The molecule has 92 valence electrons. The molecule has 5 nitrogen and oxygen atoms in total. The Labute approximate surface area is 96.4 Å². The van der Waals surface area contributed by atoms with Crippen molar-refractivity contribution in [1.82, 2.24) is 10.1 Å². The first-order chi connectivity index (χ1) is 7.33. The number of nitrogens with zero attached hydrogens (tertiary/aromatic N) is 2. The standard InChI is InChI=1S/C11H21N3O2/c1-6-11(5,12)9-13-8(14-16-9)10(3,4)15-7-2/h6-7,12H2,1-5H3. The van der Waals surface area contributed by atoms with Crippen LogP contribution in [0.2, 0.25) is 0 Å². The Morgan fingerprint density at radius 3 is 2.44 bits per heavy atom. The van der Waals surface area contributed by atoms with E-state index in [1.807, 2.05) is 34.6 Å². The van der Waals surface area contributed by atoms with E-state index in [1.54, 1.807) is 0 Å². The second-order valence-corrected chi connectivity index (χ2v) is 4.64. The normalized spacial score (nSPS) is 16.1. The Morgan fingerprint density at radius 2 is 1.94 bits per heavy atom. The Hall–Kier alpha value is -0.940. The first kappa shape index (κ1) is 13.1. The van der Waals surface area contributed by atoms with Crippen LogP contribution < -0.4 is 5.73 Å². The van der Waals surface area contributed by atoms with Gasteiger partial charge in [-0.3, -0.25) is 0 Å². The van der Waals surface area contributed by atoms with Gasteiger partial charge in [0.05, 0.1) is 5.54 Å². The van der Waals surface area contributed by atoms with Gasteiger partial charge >= 0.3 is 0 Å². The van der Waals surface area contributed by atoms with E-state index in [0.29, 0.717) is 18.3 Å². The second kappa shape index (κ2) is 4.51. The topological polar surface area (TPSA) is 74.2 Å². The van der Waals surface area contributed by atoms with Crippen molar-refractivity contribution < 1.29 is 9.26 Å². The lowest BCUT2D eigenvalue weighted by molar-refractivity contribution is -0.0221. The van der Waals surface area contributed by atoms with E-state index in [9.17, 15) is 0 Å². The van der Waals surface area contributed by atoms with E-state index in [1.165, 1.54) is 0 Å². The summed E-state index contributed by atoms with van der Waals surface area (Å²) < 4.78 is 10.7. The van der Waals surface area contributed by atoms with Gasteiger partial charge in [-0.15, -0.1) is 0 Å². The van der Waals surface area contributed by atoms with Crippen LogP contribution in [0.4, 0.5) is 0 Å². The van der Waals surface area contributed by atoms with Gasteiger partial charge in [0, 0.05) is 6.61 Å². The predicted molar refractivity (Wildman–Crippen MR) is 60.8 cm³/mol. The monoisotopic (exact) mass is 227 g/mol. The molecule has 0 radical (unpaired) electrons. The molecule has 1 heterocycles. The summed E-state index contributed by atoms with van der Waals surface area (Å²) >= 11 is 0. The molecule has 0 bridgehead atoms. The quantitative estimate of drug-likeness (QED) is 0.831. The predicted octanol–water partition coefficient (Wildman–Crippen LogP) is 1.93. The Bertz CT molecular complexity index is 345. The Morgan fingerprint density at radius 1 is 1.31 bits per heavy atom. The molecule has 0 aromatic carbocycles. The molecule has 1 aromatic heterocycles. The van der Waals surface area contributed by atoms with Crippen molar-refractivity contribution in [2.75, 3.05) is 6.61 Å². The lowest BCUT2D eigenvalue weighted by atomic mass is 10.0. The van der Waals surface area contributed by atoms with Crippen LogP contribution in [-0.2, 0) is 15.9 Å². The minimum atomic E-state index is -0.576. The molecule has 1 atom stereocenters. The molecule has 16 heavy (non-hydrogen) atoms. The summed E-state index contributed by atoms with van der Waals surface area (Å²) in [7, 11) is 0. The molecule has 2 N–H and O–H groups in total. The maximum atomic E-state index is 6.03. The maximum absolute atomic E-state index is 6.03. The number of aromatic nitrogens is 2. The summed E-state index contributed by atoms with van der Waals surface area (Å²) in [6.45, 7) is 10.2. The van der Waals surface area contributed by atoms with Gasteiger partial charge in [0.1, 0.15) is 5.60 Å². The molecule has 0 amide bonds. The second-order valence-electron chi connectivity index (χ2n) is 4.64. The van der Waals surface area contributed by atoms with Gasteiger partial charge in [0.25, 0.3) is 0 Å². The Kier molecular flexibility index (Phi) is 3.70. The van der Waals surface area contributed by atoms with Crippen LogP contribution in [0.1, 0.15) is 52.8 Å². The molecule has 0 aliphatic rings. The third kappa shape index (κ3) is 2.59. The Balaban J connectivity index is 2.95. The van der Waals surface area contributed by atoms with Gasteiger partial charge in [-0.1, -0.05) is 12.1 Å². The molecule has 0 aliphatic heterocycles. The van der Waals surface area contributed by atoms with Gasteiger partial charge in [-0.25, -0.2) is 0 Å². The minimum Gasteiger partial charge on any atom is -0.368 e. The number of ether oxygens (including phenoxy) is 1. The van der Waals surface area contributed by atoms with E-state index in [2.05, 4.69) is 10.1 Å². The third-order valence-electron chi connectivity index (χ3n) is 2.69. The molecule has 0 fully saturated rings. The molecule has 1 aromatic rings. The SMILES string of the molecule is CCOC(C)(C)c1noc(C(C)(N)CC)n1. The fourth-order valence-electron chi connectivity index (χ4n) is 1.28. The highest BCUT2D eigenvalue weighted by atomic mass is 16.5. The molecule has 1 rings (SSSR count). The van der Waals surface area contributed by atoms with Gasteiger partial charge < -0.3 is 15.0 Å². The van der Waals surface area contributed by atoms with Gasteiger partial charge in [0.15, 0.2) is 0 Å². The summed E-state index contributed by atoms with van der Waals surface area (Å²) in [5.41, 5.74) is 4.91. The molecule has 1 unspecified atom stereocenters. The molecule has 0 saturated carbocycles. The highest BCUT2D eigenvalue weighted by Crippen LogP contribution is 2.25. The largest absolute Gasteiger partial charge is 0.368 e. The lowest BCUT2D eigenvalue weighted by Crippen LogP contribution is -2.32. The number of rotatable bonds is 5. The van der Waals surface area contributed by atoms with E-state index >= 15 is 0 Å². The van der Waals surface area contributed by atoms with E-state index in [-0.39, 0.29) is 0 Å². The van der Waals surface area contributed by atoms with Gasteiger partial charge in [-0.2, -0.15) is 4.98 Å². The molecule has 0 aliphatic carbocycles. The number of nitrogens with two attached hydrogens (primary N) is 1. The molecule has 5 heteroatoms.